The highest BCUT2D eigenvalue weighted by atomic mass is 35.5. The van der Waals surface area contributed by atoms with E-state index >= 15 is 0 Å². The summed E-state index contributed by atoms with van der Waals surface area (Å²) in [4.78, 5) is 14.4. The molecule has 1 atom stereocenters. The maximum absolute atomic E-state index is 12.9. The van der Waals surface area contributed by atoms with Gasteiger partial charge in [-0.15, -0.1) is 0 Å². The van der Waals surface area contributed by atoms with Crippen LogP contribution in [0, 0.1) is 0 Å². The van der Waals surface area contributed by atoms with Gasteiger partial charge in [-0.3, -0.25) is 4.79 Å². The van der Waals surface area contributed by atoms with Gasteiger partial charge < -0.3 is 4.90 Å². The predicted octanol–water partition coefficient (Wildman–Crippen LogP) is 3.42. The first-order chi connectivity index (χ1) is 11.7. The van der Waals surface area contributed by atoms with Crippen molar-refractivity contribution in [1.82, 2.24) is 9.21 Å². The summed E-state index contributed by atoms with van der Waals surface area (Å²) >= 11 is 6.16. The van der Waals surface area contributed by atoms with Crippen LogP contribution in [0.5, 0.6) is 0 Å². The number of hydrogen-bond donors (Lipinski definition) is 0. The van der Waals surface area contributed by atoms with Crippen molar-refractivity contribution < 1.29 is 13.2 Å². The third-order valence-electron chi connectivity index (χ3n) is 4.13. The molecule has 0 saturated heterocycles. The lowest BCUT2D eigenvalue weighted by atomic mass is 10.1. The van der Waals surface area contributed by atoms with Crippen molar-refractivity contribution in [2.75, 3.05) is 21.1 Å². The fourth-order valence-electron chi connectivity index (χ4n) is 2.36. The van der Waals surface area contributed by atoms with Crippen LogP contribution in [0.2, 0.25) is 5.02 Å². The number of nitrogens with zero attached hydrogens (tertiary/aromatic N) is 2. The molecule has 2 rings (SSSR count). The van der Waals surface area contributed by atoms with Crippen molar-refractivity contribution in [3.05, 3.63) is 64.7 Å². The van der Waals surface area contributed by atoms with Gasteiger partial charge in [-0.05, 0) is 30.7 Å². The fourth-order valence-corrected chi connectivity index (χ4v) is 3.49. The molecule has 2 aromatic rings. The van der Waals surface area contributed by atoms with E-state index < -0.39 is 10.0 Å². The Hall–Kier alpha value is -1.89. The van der Waals surface area contributed by atoms with E-state index in [-0.39, 0.29) is 27.4 Å². The third kappa shape index (κ3) is 4.03. The van der Waals surface area contributed by atoms with Crippen molar-refractivity contribution in [3.63, 3.8) is 0 Å². The van der Waals surface area contributed by atoms with E-state index in [0.717, 1.165) is 9.87 Å². The second kappa shape index (κ2) is 7.56. The van der Waals surface area contributed by atoms with Crippen LogP contribution in [0.1, 0.15) is 28.9 Å². The Bertz CT molecular complexity index is 867. The Kier molecular flexibility index (Phi) is 5.87. The van der Waals surface area contributed by atoms with Gasteiger partial charge in [0.25, 0.3) is 5.91 Å². The van der Waals surface area contributed by atoms with Crippen LogP contribution in [0.3, 0.4) is 0 Å². The molecular weight excluding hydrogens is 360 g/mol. The zero-order valence-corrected chi connectivity index (χ0v) is 16.2. The Balaban J connectivity index is 2.39. The molecule has 0 aliphatic rings. The Morgan fingerprint density at radius 2 is 1.64 bits per heavy atom. The Morgan fingerprint density at radius 1 is 1.04 bits per heavy atom. The van der Waals surface area contributed by atoms with Crippen LogP contribution in [-0.4, -0.2) is 44.7 Å². The molecule has 0 aliphatic carbocycles. The third-order valence-corrected chi connectivity index (χ3v) is 6.27. The number of amides is 1. The van der Waals surface area contributed by atoms with Gasteiger partial charge in [-0.2, -0.15) is 0 Å². The summed E-state index contributed by atoms with van der Waals surface area (Å²) in [5, 5.41) is 0.217. The van der Waals surface area contributed by atoms with Gasteiger partial charge >= 0.3 is 0 Å². The first-order valence-corrected chi connectivity index (χ1v) is 9.52. The Morgan fingerprint density at radius 3 is 2.20 bits per heavy atom. The van der Waals surface area contributed by atoms with E-state index in [1.54, 1.807) is 11.9 Å². The molecule has 7 heteroatoms. The summed E-state index contributed by atoms with van der Waals surface area (Å²) in [5.74, 6) is -0.336. The van der Waals surface area contributed by atoms with E-state index in [1.165, 1.54) is 32.3 Å². The lowest BCUT2D eigenvalue weighted by Crippen LogP contribution is -2.30. The number of carbonyl (C=O) groups excluding carboxylic acids is 1. The largest absolute Gasteiger partial charge is 0.335 e. The highest BCUT2D eigenvalue weighted by Gasteiger charge is 2.24. The van der Waals surface area contributed by atoms with Crippen LogP contribution in [-0.2, 0) is 10.0 Å². The topological polar surface area (TPSA) is 57.7 Å². The lowest BCUT2D eigenvalue weighted by molar-refractivity contribution is 0.0742. The van der Waals surface area contributed by atoms with Crippen molar-refractivity contribution in [2.24, 2.45) is 0 Å². The number of halogens is 1. The quantitative estimate of drug-likeness (QED) is 0.798. The molecule has 1 amide bonds. The first-order valence-electron chi connectivity index (χ1n) is 7.70. The molecule has 134 valence electrons. The van der Waals surface area contributed by atoms with E-state index in [4.69, 9.17) is 11.6 Å². The summed E-state index contributed by atoms with van der Waals surface area (Å²) in [6, 6.07) is 13.6. The SMILES string of the molecule is CC(c1ccccc1)N(C)C(=O)c1cc(S(=O)(=O)N(C)C)ccc1Cl. The average Bonchev–Trinajstić information content (AvgIpc) is 2.60. The number of benzene rings is 2. The molecule has 0 radical (unpaired) electrons. The summed E-state index contributed by atoms with van der Waals surface area (Å²) in [6.07, 6.45) is 0. The highest BCUT2D eigenvalue weighted by molar-refractivity contribution is 7.89. The summed E-state index contributed by atoms with van der Waals surface area (Å²) in [7, 11) is 0.905. The van der Waals surface area contributed by atoms with Crippen LogP contribution in [0.15, 0.2) is 53.4 Å². The minimum Gasteiger partial charge on any atom is -0.335 e. The van der Waals surface area contributed by atoms with E-state index in [1.807, 2.05) is 37.3 Å². The number of sulfonamides is 1. The minimum atomic E-state index is -3.64. The van der Waals surface area contributed by atoms with Gasteiger partial charge in [0, 0.05) is 21.1 Å². The second-order valence-electron chi connectivity index (χ2n) is 5.93. The number of rotatable bonds is 5. The van der Waals surface area contributed by atoms with Crippen LogP contribution in [0.25, 0.3) is 0 Å². The van der Waals surface area contributed by atoms with Crippen LogP contribution in [0.4, 0.5) is 0 Å². The van der Waals surface area contributed by atoms with Crippen molar-refractivity contribution in [2.45, 2.75) is 17.9 Å². The number of hydrogen-bond acceptors (Lipinski definition) is 3. The normalized spacial score (nSPS) is 12.9. The zero-order valence-electron chi connectivity index (χ0n) is 14.6. The smallest absolute Gasteiger partial charge is 0.255 e. The zero-order chi connectivity index (χ0) is 18.8. The molecule has 0 aliphatic heterocycles. The first kappa shape index (κ1) is 19.4. The summed E-state index contributed by atoms with van der Waals surface area (Å²) in [5.41, 5.74) is 1.14. The molecule has 0 bridgehead atoms. The van der Waals surface area contributed by atoms with Crippen molar-refractivity contribution in [1.29, 1.82) is 0 Å². The van der Waals surface area contributed by atoms with Crippen molar-refractivity contribution in [3.8, 4) is 0 Å². The average molecular weight is 381 g/mol. The monoisotopic (exact) mass is 380 g/mol. The lowest BCUT2D eigenvalue weighted by Gasteiger charge is -2.26. The summed E-state index contributed by atoms with van der Waals surface area (Å²) in [6.45, 7) is 1.90. The van der Waals surface area contributed by atoms with E-state index in [9.17, 15) is 13.2 Å². The summed E-state index contributed by atoms with van der Waals surface area (Å²) < 4.78 is 25.7. The molecular formula is C18H21ClN2O3S. The highest BCUT2D eigenvalue weighted by Crippen LogP contribution is 2.26. The molecule has 0 saturated carbocycles. The van der Waals surface area contributed by atoms with Gasteiger partial charge in [0.15, 0.2) is 0 Å². The van der Waals surface area contributed by atoms with Gasteiger partial charge in [-0.25, -0.2) is 12.7 Å². The van der Waals surface area contributed by atoms with Crippen molar-refractivity contribution >= 4 is 27.5 Å². The molecule has 0 spiro atoms. The second-order valence-corrected chi connectivity index (χ2v) is 8.49. The molecule has 25 heavy (non-hydrogen) atoms. The minimum absolute atomic E-state index is 0.0333. The Labute approximate surface area is 153 Å². The molecule has 0 aromatic heterocycles. The number of carbonyl (C=O) groups is 1. The molecule has 2 aromatic carbocycles. The molecule has 0 fully saturated rings. The molecule has 1 unspecified atom stereocenters. The fraction of sp³-hybridized carbons (Fsp3) is 0.278. The van der Waals surface area contributed by atoms with Gasteiger partial charge in [0.05, 0.1) is 21.5 Å². The van der Waals surface area contributed by atoms with E-state index in [0.29, 0.717) is 0 Å². The van der Waals surface area contributed by atoms with Crippen LogP contribution >= 0.6 is 11.6 Å². The van der Waals surface area contributed by atoms with Crippen LogP contribution < -0.4 is 0 Å². The van der Waals surface area contributed by atoms with E-state index in [2.05, 4.69) is 0 Å². The molecule has 0 N–H and O–H groups in total. The maximum atomic E-state index is 12.9. The predicted molar refractivity (Wildman–Crippen MR) is 99.3 cm³/mol. The van der Waals surface area contributed by atoms with Gasteiger partial charge in [-0.1, -0.05) is 41.9 Å². The molecule has 0 heterocycles. The van der Waals surface area contributed by atoms with Gasteiger partial charge in [0.2, 0.25) is 10.0 Å². The maximum Gasteiger partial charge on any atom is 0.255 e. The van der Waals surface area contributed by atoms with Gasteiger partial charge in [0.1, 0.15) is 0 Å². The standard InChI is InChI=1S/C18H21ClN2O3S/c1-13(14-8-6-5-7-9-14)21(4)18(22)16-12-15(10-11-17(16)19)25(23,24)20(2)3/h5-13H,1-4H3. The molecule has 5 nitrogen and oxygen atoms in total.